The van der Waals surface area contributed by atoms with Gasteiger partial charge in [0.1, 0.15) is 0 Å². The number of nitrogens with zero attached hydrogens (tertiary/aromatic N) is 2. The average Bonchev–Trinajstić information content (AvgIpc) is 3.13. The van der Waals surface area contributed by atoms with Gasteiger partial charge in [-0.3, -0.25) is 0 Å². The molecule has 0 bridgehead atoms. The van der Waals surface area contributed by atoms with Gasteiger partial charge in [0.05, 0.1) is 11.8 Å². The Morgan fingerprint density at radius 3 is 2.72 bits per heavy atom. The SMILES string of the molecule is CC(C)C12C=CCC(n3cc(-c4ccc(C(=O)O)cc4)cn3)=CC1C2. The summed E-state index contributed by atoms with van der Waals surface area (Å²) in [5, 5.41) is 13.5. The first-order valence-electron chi connectivity index (χ1n) is 8.77. The van der Waals surface area contributed by atoms with Crippen molar-refractivity contribution in [3.63, 3.8) is 0 Å². The topological polar surface area (TPSA) is 55.1 Å². The lowest BCUT2D eigenvalue weighted by Crippen LogP contribution is -2.08. The van der Waals surface area contributed by atoms with Crippen LogP contribution in [0.15, 0.2) is 54.9 Å². The minimum atomic E-state index is -0.907. The number of carbonyl (C=O) groups is 1. The Morgan fingerprint density at radius 1 is 1.28 bits per heavy atom. The number of fused-ring (bicyclic) bond motifs is 1. The minimum absolute atomic E-state index is 0.298. The van der Waals surface area contributed by atoms with E-state index in [1.165, 1.54) is 12.1 Å². The Bertz CT molecular complexity index is 874. The Labute approximate surface area is 147 Å². The molecule has 1 fully saturated rings. The molecule has 1 saturated carbocycles. The largest absolute Gasteiger partial charge is 0.478 e. The number of rotatable bonds is 4. The predicted molar refractivity (Wildman–Crippen MR) is 98.0 cm³/mol. The molecule has 128 valence electrons. The summed E-state index contributed by atoms with van der Waals surface area (Å²) in [5.74, 6) is 0.366. The number of carboxylic acids is 1. The summed E-state index contributed by atoms with van der Waals surface area (Å²) in [5.41, 5.74) is 3.84. The monoisotopic (exact) mass is 334 g/mol. The Kier molecular flexibility index (Phi) is 3.64. The number of aromatic carboxylic acids is 1. The number of benzene rings is 1. The summed E-state index contributed by atoms with van der Waals surface area (Å²) in [4.78, 5) is 11.0. The molecule has 0 aliphatic heterocycles. The molecule has 0 saturated heterocycles. The second-order valence-electron chi connectivity index (χ2n) is 7.40. The molecule has 4 nitrogen and oxygen atoms in total. The van der Waals surface area contributed by atoms with Crippen LogP contribution in [0.1, 0.15) is 37.0 Å². The molecule has 1 aromatic heterocycles. The highest BCUT2D eigenvalue weighted by Gasteiger charge is 2.53. The van der Waals surface area contributed by atoms with E-state index in [9.17, 15) is 4.79 Å². The van der Waals surface area contributed by atoms with Gasteiger partial charge in [-0.15, -0.1) is 0 Å². The lowest BCUT2D eigenvalue weighted by atomic mass is 9.90. The lowest BCUT2D eigenvalue weighted by molar-refractivity contribution is 0.0697. The van der Waals surface area contributed by atoms with Gasteiger partial charge in [0, 0.05) is 23.9 Å². The van der Waals surface area contributed by atoms with Crippen molar-refractivity contribution < 1.29 is 9.90 Å². The molecule has 0 amide bonds. The van der Waals surface area contributed by atoms with Crippen LogP contribution in [-0.2, 0) is 0 Å². The van der Waals surface area contributed by atoms with Gasteiger partial charge in [-0.05, 0) is 41.4 Å². The average molecular weight is 334 g/mol. The van der Waals surface area contributed by atoms with E-state index in [1.54, 1.807) is 12.1 Å². The first-order valence-corrected chi connectivity index (χ1v) is 8.77. The van der Waals surface area contributed by atoms with Crippen molar-refractivity contribution in [2.75, 3.05) is 0 Å². The third kappa shape index (κ3) is 2.72. The minimum Gasteiger partial charge on any atom is -0.478 e. The van der Waals surface area contributed by atoms with Gasteiger partial charge in [0.25, 0.3) is 0 Å². The van der Waals surface area contributed by atoms with E-state index in [1.807, 2.05) is 29.2 Å². The molecule has 2 aliphatic rings. The number of hydrogen-bond acceptors (Lipinski definition) is 2. The number of carboxylic acid groups (broad SMARTS) is 1. The summed E-state index contributed by atoms with van der Waals surface area (Å²) in [7, 11) is 0. The van der Waals surface area contributed by atoms with Crippen LogP contribution in [-0.4, -0.2) is 20.9 Å². The summed E-state index contributed by atoms with van der Waals surface area (Å²) in [6.45, 7) is 4.60. The Morgan fingerprint density at radius 2 is 2.04 bits per heavy atom. The second kappa shape index (κ2) is 5.73. The molecule has 2 unspecified atom stereocenters. The fourth-order valence-corrected chi connectivity index (χ4v) is 3.89. The fourth-order valence-electron chi connectivity index (χ4n) is 3.89. The molecule has 0 radical (unpaired) electrons. The van der Waals surface area contributed by atoms with Crippen molar-refractivity contribution in [1.82, 2.24) is 9.78 Å². The van der Waals surface area contributed by atoms with Crippen LogP contribution >= 0.6 is 0 Å². The van der Waals surface area contributed by atoms with Crippen LogP contribution < -0.4 is 0 Å². The van der Waals surface area contributed by atoms with Gasteiger partial charge in [-0.1, -0.05) is 44.2 Å². The summed E-state index contributed by atoms with van der Waals surface area (Å²) >= 11 is 0. The van der Waals surface area contributed by atoms with Gasteiger partial charge in [-0.25, -0.2) is 9.48 Å². The molecular formula is C21H22N2O2. The van der Waals surface area contributed by atoms with E-state index in [0.29, 0.717) is 22.8 Å². The highest BCUT2D eigenvalue weighted by atomic mass is 16.4. The summed E-state index contributed by atoms with van der Waals surface area (Å²) in [6, 6.07) is 6.92. The molecule has 1 N–H and O–H groups in total. The Balaban J connectivity index is 1.59. The van der Waals surface area contributed by atoms with Crippen molar-refractivity contribution in [3.8, 4) is 11.1 Å². The first-order chi connectivity index (χ1) is 12.0. The molecule has 4 rings (SSSR count). The number of hydrogen-bond donors (Lipinski definition) is 1. The van der Waals surface area contributed by atoms with Crippen molar-refractivity contribution >= 4 is 11.7 Å². The summed E-state index contributed by atoms with van der Waals surface area (Å²) in [6.07, 6.45) is 13.1. The van der Waals surface area contributed by atoms with E-state index in [4.69, 9.17) is 5.11 Å². The lowest BCUT2D eigenvalue weighted by Gasteiger charge is -2.15. The normalized spacial score (nSPS) is 24.6. The number of aromatic nitrogens is 2. The fraction of sp³-hybridized carbons (Fsp3) is 0.333. The quantitative estimate of drug-likeness (QED) is 0.824. The zero-order chi connectivity index (χ0) is 17.6. The molecule has 2 atom stereocenters. The number of allylic oxidation sites excluding steroid dienone is 4. The highest BCUT2D eigenvalue weighted by Crippen LogP contribution is 2.61. The van der Waals surface area contributed by atoms with E-state index in [2.05, 4.69) is 37.2 Å². The maximum atomic E-state index is 11.0. The van der Waals surface area contributed by atoms with Gasteiger partial charge in [0.15, 0.2) is 0 Å². The van der Waals surface area contributed by atoms with Gasteiger partial charge in [-0.2, -0.15) is 5.10 Å². The van der Waals surface area contributed by atoms with Crippen LogP contribution in [0.25, 0.3) is 16.8 Å². The zero-order valence-electron chi connectivity index (χ0n) is 14.5. The first kappa shape index (κ1) is 15.9. The van der Waals surface area contributed by atoms with Crippen LogP contribution in [0.5, 0.6) is 0 Å². The van der Waals surface area contributed by atoms with Crippen molar-refractivity contribution in [2.24, 2.45) is 17.3 Å². The van der Waals surface area contributed by atoms with Gasteiger partial charge < -0.3 is 5.11 Å². The van der Waals surface area contributed by atoms with Crippen LogP contribution in [0.3, 0.4) is 0 Å². The molecule has 2 aromatic rings. The summed E-state index contributed by atoms with van der Waals surface area (Å²) < 4.78 is 1.96. The van der Waals surface area contributed by atoms with Crippen molar-refractivity contribution in [3.05, 3.63) is 60.5 Å². The molecule has 1 aromatic carbocycles. The van der Waals surface area contributed by atoms with E-state index < -0.39 is 5.97 Å². The zero-order valence-corrected chi connectivity index (χ0v) is 14.5. The molecule has 4 heteroatoms. The molecule has 25 heavy (non-hydrogen) atoms. The maximum absolute atomic E-state index is 11.0. The highest BCUT2D eigenvalue weighted by molar-refractivity contribution is 5.88. The van der Waals surface area contributed by atoms with Crippen LogP contribution in [0, 0.1) is 17.3 Å². The van der Waals surface area contributed by atoms with Crippen LogP contribution in [0.2, 0.25) is 0 Å². The van der Waals surface area contributed by atoms with Crippen molar-refractivity contribution in [1.29, 1.82) is 0 Å². The Hall–Kier alpha value is -2.62. The van der Waals surface area contributed by atoms with Crippen molar-refractivity contribution in [2.45, 2.75) is 26.7 Å². The van der Waals surface area contributed by atoms with E-state index >= 15 is 0 Å². The van der Waals surface area contributed by atoms with Crippen LogP contribution in [0.4, 0.5) is 0 Å². The maximum Gasteiger partial charge on any atom is 0.335 e. The third-order valence-electron chi connectivity index (χ3n) is 5.67. The molecular weight excluding hydrogens is 312 g/mol. The molecule has 1 heterocycles. The van der Waals surface area contributed by atoms with E-state index in [0.717, 1.165) is 17.5 Å². The molecule has 0 spiro atoms. The van der Waals surface area contributed by atoms with Gasteiger partial charge >= 0.3 is 5.97 Å². The third-order valence-corrected chi connectivity index (χ3v) is 5.67. The molecule has 2 aliphatic carbocycles. The van der Waals surface area contributed by atoms with E-state index in [-0.39, 0.29) is 0 Å². The van der Waals surface area contributed by atoms with Gasteiger partial charge in [0.2, 0.25) is 0 Å². The smallest absolute Gasteiger partial charge is 0.335 e. The standard InChI is InChI=1S/C21H22N2O2/c1-14(2)21-9-3-4-19(10-18(21)11-21)23-13-17(12-22-23)15-5-7-16(8-6-15)20(24)25/h3,5-10,12-14,18H,4,11H2,1-2H3,(H,24,25). The predicted octanol–water partition coefficient (Wildman–Crippen LogP) is 4.71. The second-order valence-corrected chi connectivity index (χ2v) is 7.40.